The molecule has 2 heterocycles. The van der Waals surface area contributed by atoms with Crippen LogP contribution < -0.4 is 5.32 Å². The van der Waals surface area contributed by atoms with Crippen molar-refractivity contribution >= 4 is 11.6 Å². The minimum Gasteiger partial charge on any atom is -0.379 e. The third kappa shape index (κ3) is 3.89. The van der Waals surface area contributed by atoms with E-state index in [1.807, 2.05) is 30.3 Å². The van der Waals surface area contributed by atoms with Crippen LogP contribution >= 0.6 is 0 Å². The number of amides is 1. The van der Waals surface area contributed by atoms with Crippen LogP contribution in [0, 0.1) is 0 Å². The van der Waals surface area contributed by atoms with Gasteiger partial charge in [-0.25, -0.2) is 0 Å². The minimum absolute atomic E-state index is 0.111. The van der Waals surface area contributed by atoms with E-state index in [0.29, 0.717) is 13.0 Å². The Balaban J connectivity index is 1.48. The number of ether oxygens (including phenoxy) is 1. The molecule has 0 bridgehead atoms. The maximum atomic E-state index is 12.4. The minimum atomic E-state index is -0.920. The second-order valence-corrected chi connectivity index (χ2v) is 6.11. The van der Waals surface area contributed by atoms with Crippen LogP contribution in [-0.2, 0) is 14.4 Å². The number of carbonyl (C=O) groups is 1. The molecule has 0 aliphatic carbocycles. The summed E-state index contributed by atoms with van der Waals surface area (Å²) in [6.45, 7) is 6.61. The van der Waals surface area contributed by atoms with E-state index in [4.69, 9.17) is 9.57 Å². The molecule has 2 aliphatic heterocycles. The van der Waals surface area contributed by atoms with E-state index in [2.05, 4.69) is 15.4 Å². The number of oxime groups is 1. The predicted octanol–water partition coefficient (Wildman–Crippen LogP) is 1.02. The summed E-state index contributed by atoms with van der Waals surface area (Å²) in [5, 5.41) is 7.07. The lowest BCUT2D eigenvalue weighted by molar-refractivity contribution is -0.141. The van der Waals surface area contributed by atoms with Gasteiger partial charge in [0.15, 0.2) is 0 Å². The fourth-order valence-corrected chi connectivity index (χ4v) is 2.79. The van der Waals surface area contributed by atoms with Gasteiger partial charge in [0, 0.05) is 32.6 Å². The van der Waals surface area contributed by atoms with Gasteiger partial charge in [-0.15, -0.1) is 0 Å². The second-order valence-electron chi connectivity index (χ2n) is 6.11. The van der Waals surface area contributed by atoms with Gasteiger partial charge in [0.2, 0.25) is 5.60 Å². The van der Waals surface area contributed by atoms with Gasteiger partial charge >= 0.3 is 0 Å². The van der Waals surface area contributed by atoms with Crippen molar-refractivity contribution in [1.82, 2.24) is 10.2 Å². The fourth-order valence-electron chi connectivity index (χ4n) is 2.79. The zero-order chi connectivity index (χ0) is 16.1. The summed E-state index contributed by atoms with van der Waals surface area (Å²) in [4.78, 5) is 20.2. The van der Waals surface area contributed by atoms with E-state index in [-0.39, 0.29) is 5.91 Å². The van der Waals surface area contributed by atoms with Gasteiger partial charge in [0.1, 0.15) is 0 Å². The van der Waals surface area contributed by atoms with Crippen LogP contribution in [0.1, 0.15) is 18.9 Å². The maximum absolute atomic E-state index is 12.4. The summed E-state index contributed by atoms with van der Waals surface area (Å²) in [7, 11) is 0. The molecule has 6 nitrogen and oxygen atoms in total. The maximum Gasteiger partial charge on any atom is 0.267 e. The highest BCUT2D eigenvalue weighted by molar-refractivity contribution is 6.05. The summed E-state index contributed by atoms with van der Waals surface area (Å²) >= 11 is 0. The molecule has 1 N–H and O–H groups in total. The summed E-state index contributed by atoms with van der Waals surface area (Å²) in [6, 6.07) is 9.82. The van der Waals surface area contributed by atoms with E-state index in [0.717, 1.165) is 44.1 Å². The van der Waals surface area contributed by atoms with Crippen LogP contribution in [0.3, 0.4) is 0 Å². The number of benzene rings is 1. The van der Waals surface area contributed by atoms with Crippen molar-refractivity contribution in [2.24, 2.45) is 5.16 Å². The second kappa shape index (κ2) is 7.10. The Hall–Kier alpha value is -1.92. The van der Waals surface area contributed by atoms with Gasteiger partial charge in [-0.3, -0.25) is 9.69 Å². The average molecular weight is 317 g/mol. The van der Waals surface area contributed by atoms with E-state index < -0.39 is 5.60 Å². The van der Waals surface area contributed by atoms with Crippen molar-refractivity contribution in [2.45, 2.75) is 18.9 Å². The molecular formula is C17H23N3O3. The number of rotatable bonds is 5. The quantitative estimate of drug-likeness (QED) is 0.881. The topological polar surface area (TPSA) is 63.2 Å². The van der Waals surface area contributed by atoms with Crippen LogP contribution in [0.2, 0.25) is 0 Å². The smallest absolute Gasteiger partial charge is 0.267 e. The summed E-state index contributed by atoms with van der Waals surface area (Å²) < 4.78 is 5.31. The van der Waals surface area contributed by atoms with Crippen molar-refractivity contribution in [3.63, 3.8) is 0 Å². The Labute approximate surface area is 136 Å². The molecule has 1 fully saturated rings. The Kier molecular flexibility index (Phi) is 4.93. The molecule has 1 aromatic rings. The zero-order valence-corrected chi connectivity index (χ0v) is 13.5. The monoisotopic (exact) mass is 317 g/mol. The fraction of sp³-hybridized carbons (Fsp3) is 0.529. The van der Waals surface area contributed by atoms with E-state index >= 15 is 0 Å². The average Bonchev–Trinajstić information content (AvgIpc) is 3.00. The first kappa shape index (κ1) is 16.0. The van der Waals surface area contributed by atoms with E-state index in [9.17, 15) is 4.79 Å². The predicted molar refractivity (Wildman–Crippen MR) is 87.4 cm³/mol. The third-order valence-electron chi connectivity index (χ3n) is 4.27. The van der Waals surface area contributed by atoms with E-state index in [1.165, 1.54) is 0 Å². The number of hydrogen-bond donors (Lipinski definition) is 1. The Morgan fingerprint density at radius 1 is 1.30 bits per heavy atom. The number of nitrogens with zero attached hydrogens (tertiary/aromatic N) is 2. The Morgan fingerprint density at radius 2 is 2.04 bits per heavy atom. The van der Waals surface area contributed by atoms with Crippen LogP contribution in [0.15, 0.2) is 35.5 Å². The molecule has 3 rings (SSSR count). The molecule has 1 saturated heterocycles. The molecule has 1 amide bonds. The van der Waals surface area contributed by atoms with Crippen LogP contribution in [0.25, 0.3) is 0 Å². The number of hydrogen-bond acceptors (Lipinski definition) is 5. The first-order valence-electron chi connectivity index (χ1n) is 8.06. The lowest BCUT2D eigenvalue weighted by Crippen LogP contribution is -2.48. The van der Waals surface area contributed by atoms with E-state index in [1.54, 1.807) is 6.92 Å². The molecule has 1 aromatic carbocycles. The highest BCUT2D eigenvalue weighted by Gasteiger charge is 2.42. The standard InChI is InChI=1S/C17H23N3O3/c1-17(13-15(19-23-17)14-5-3-2-4-6-14)16(21)18-7-8-20-9-11-22-12-10-20/h2-6H,7-13H2,1H3,(H,18,21). The number of morpholine rings is 1. The van der Waals surface area contributed by atoms with Crippen molar-refractivity contribution in [3.8, 4) is 0 Å². The zero-order valence-electron chi connectivity index (χ0n) is 13.5. The molecule has 6 heteroatoms. The largest absolute Gasteiger partial charge is 0.379 e. The Morgan fingerprint density at radius 3 is 2.78 bits per heavy atom. The molecular weight excluding hydrogens is 294 g/mol. The molecule has 0 spiro atoms. The molecule has 2 aliphatic rings. The summed E-state index contributed by atoms with van der Waals surface area (Å²) in [5.74, 6) is -0.111. The van der Waals surface area contributed by atoms with Crippen LogP contribution in [-0.4, -0.2) is 61.5 Å². The molecule has 0 radical (unpaired) electrons. The first-order chi connectivity index (χ1) is 11.2. The lowest BCUT2D eigenvalue weighted by Gasteiger charge is -2.27. The van der Waals surface area contributed by atoms with Gasteiger partial charge in [0.05, 0.1) is 18.9 Å². The first-order valence-corrected chi connectivity index (χ1v) is 8.06. The van der Waals surface area contributed by atoms with Gasteiger partial charge in [0.25, 0.3) is 5.91 Å². The molecule has 0 saturated carbocycles. The van der Waals surface area contributed by atoms with Gasteiger partial charge in [-0.05, 0) is 12.5 Å². The molecule has 1 unspecified atom stereocenters. The normalized spacial score (nSPS) is 24.8. The molecule has 1 atom stereocenters. The Bertz CT molecular complexity index is 570. The number of carbonyl (C=O) groups excluding carboxylic acids is 1. The van der Waals surface area contributed by atoms with Crippen molar-refractivity contribution < 1.29 is 14.4 Å². The van der Waals surface area contributed by atoms with Crippen molar-refractivity contribution in [1.29, 1.82) is 0 Å². The lowest BCUT2D eigenvalue weighted by atomic mass is 9.95. The van der Waals surface area contributed by atoms with Crippen molar-refractivity contribution in [2.75, 3.05) is 39.4 Å². The highest BCUT2D eigenvalue weighted by Crippen LogP contribution is 2.26. The van der Waals surface area contributed by atoms with Gasteiger partial charge in [-0.1, -0.05) is 35.5 Å². The van der Waals surface area contributed by atoms with Gasteiger partial charge < -0.3 is 14.9 Å². The SMILES string of the molecule is CC1(C(=O)NCCN2CCOCC2)CC(c2ccccc2)=NO1. The molecule has 23 heavy (non-hydrogen) atoms. The van der Waals surface area contributed by atoms with Crippen LogP contribution in [0.4, 0.5) is 0 Å². The van der Waals surface area contributed by atoms with Crippen molar-refractivity contribution in [3.05, 3.63) is 35.9 Å². The summed E-state index contributed by atoms with van der Waals surface area (Å²) in [5.41, 5.74) is 0.893. The number of nitrogens with one attached hydrogen (secondary N) is 1. The van der Waals surface area contributed by atoms with Gasteiger partial charge in [-0.2, -0.15) is 0 Å². The molecule has 0 aromatic heterocycles. The highest BCUT2D eigenvalue weighted by atomic mass is 16.7. The van der Waals surface area contributed by atoms with Crippen LogP contribution in [0.5, 0.6) is 0 Å². The third-order valence-corrected chi connectivity index (χ3v) is 4.27. The summed E-state index contributed by atoms with van der Waals surface area (Å²) in [6.07, 6.45) is 0.487. The molecule has 124 valence electrons.